The van der Waals surface area contributed by atoms with Crippen molar-refractivity contribution in [3.05, 3.63) is 16.1 Å². The van der Waals surface area contributed by atoms with Crippen molar-refractivity contribution < 1.29 is 15.0 Å². The minimum absolute atomic E-state index is 0.00221. The quantitative estimate of drug-likeness (QED) is 0.861. The number of aromatic nitrogens is 1. The highest BCUT2D eigenvalue weighted by molar-refractivity contribution is 7.09. The van der Waals surface area contributed by atoms with Gasteiger partial charge in [-0.2, -0.15) is 0 Å². The third kappa shape index (κ3) is 3.62. The summed E-state index contributed by atoms with van der Waals surface area (Å²) >= 11 is 1.54. The van der Waals surface area contributed by atoms with Gasteiger partial charge in [0.25, 0.3) is 0 Å². The summed E-state index contributed by atoms with van der Waals surface area (Å²) in [6.45, 7) is 4.85. The highest BCUT2D eigenvalue weighted by atomic mass is 32.1. The van der Waals surface area contributed by atoms with Crippen LogP contribution in [0.5, 0.6) is 0 Å². The largest absolute Gasteiger partial charge is 0.396 e. The highest BCUT2D eigenvalue weighted by Crippen LogP contribution is 2.36. The number of nitrogens with zero attached hydrogens (tertiary/aromatic N) is 2. The van der Waals surface area contributed by atoms with Gasteiger partial charge in [-0.15, -0.1) is 11.3 Å². The van der Waals surface area contributed by atoms with Gasteiger partial charge in [0.05, 0.1) is 29.8 Å². The Bertz CT molecular complexity index is 491. The number of β-amino-alcohol motifs (C(OH)–C–C–N with tert-alkyl or cyclic N) is 1. The number of carbonyl (C=O) groups excluding carboxylic acids is 1. The van der Waals surface area contributed by atoms with E-state index in [1.54, 1.807) is 4.90 Å². The van der Waals surface area contributed by atoms with Crippen molar-refractivity contribution in [1.82, 2.24) is 9.88 Å². The van der Waals surface area contributed by atoms with Crippen molar-refractivity contribution in [3.63, 3.8) is 0 Å². The van der Waals surface area contributed by atoms with Gasteiger partial charge in [-0.1, -0.05) is 13.3 Å². The van der Waals surface area contributed by atoms with Gasteiger partial charge in [0.1, 0.15) is 0 Å². The zero-order chi connectivity index (χ0) is 15.5. The Morgan fingerprint density at radius 1 is 1.62 bits per heavy atom. The van der Waals surface area contributed by atoms with Crippen LogP contribution in [0.1, 0.15) is 36.9 Å². The molecule has 1 amide bonds. The maximum Gasteiger partial charge on any atom is 0.228 e. The number of thiazole rings is 1. The van der Waals surface area contributed by atoms with Crippen molar-refractivity contribution in [2.75, 3.05) is 19.7 Å². The van der Waals surface area contributed by atoms with Crippen LogP contribution in [0.15, 0.2) is 5.38 Å². The number of aryl methyl sites for hydroxylation is 1. The van der Waals surface area contributed by atoms with Crippen LogP contribution in [0.3, 0.4) is 0 Å². The Morgan fingerprint density at radius 2 is 2.38 bits per heavy atom. The predicted octanol–water partition coefficient (Wildman–Crippen LogP) is 1.37. The van der Waals surface area contributed by atoms with Crippen LogP contribution in [-0.2, 0) is 11.2 Å². The summed E-state index contributed by atoms with van der Waals surface area (Å²) in [5.41, 5.74) is 0.354. The first kappa shape index (κ1) is 16.4. The summed E-state index contributed by atoms with van der Waals surface area (Å²) in [6, 6.07) is 0. The van der Waals surface area contributed by atoms with Crippen molar-refractivity contribution in [2.24, 2.45) is 5.41 Å². The van der Waals surface area contributed by atoms with E-state index in [1.807, 2.05) is 19.2 Å². The first-order chi connectivity index (χ1) is 10.0. The molecule has 0 aromatic carbocycles. The molecule has 0 unspecified atom stereocenters. The number of hydrogen-bond acceptors (Lipinski definition) is 5. The highest BCUT2D eigenvalue weighted by Gasteiger charge is 2.42. The van der Waals surface area contributed by atoms with Crippen LogP contribution in [-0.4, -0.2) is 51.8 Å². The van der Waals surface area contributed by atoms with Gasteiger partial charge in [-0.05, 0) is 19.8 Å². The van der Waals surface area contributed by atoms with Crippen LogP contribution < -0.4 is 0 Å². The van der Waals surface area contributed by atoms with Crippen molar-refractivity contribution >= 4 is 17.2 Å². The molecule has 1 aliphatic rings. The summed E-state index contributed by atoms with van der Waals surface area (Å²) in [4.78, 5) is 18.3. The lowest BCUT2D eigenvalue weighted by molar-refractivity contribution is -0.141. The first-order valence-corrected chi connectivity index (χ1v) is 8.36. The van der Waals surface area contributed by atoms with E-state index < -0.39 is 11.5 Å². The van der Waals surface area contributed by atoms with Crippen LogP contribution >= 0.6 is 11.3 Å². The van der Waals surface area contributed by atoms with Crippen molar-refractivity contribution in [3.8, 4) is 0 Å². The number of aliphatic hydroxyl groups is 2. The summed E-state index contributed by atoms with van der Waals surface area (Å²) in [5.74, 6) is 0.00221. The van der Waals surface area contributed by atoms with Crippen molar-refractivity contribution in [2.45, 2.75) is 45.6 Å². The molecule has 6 heteroatoms. The summed E-state index contributed by atoms with van der Waals surface area (Å²) in [5, 5.41) is 22.9. The fourth-order valence-electron chi connectivity index (χ4n) is 3.05. The number of carbonyl (C=O) groups is 1. The van der Waals surface area contributed by atoms with E-state index >= 15 is 0 Å². The van der Waals surface area contributed by atoms with Crippen LogP contribution in [0.2, 0.25) is 0 Å². The Morgan fingerprint density at radius 3 is 2.90 bits per heavy atom. The number of rotatable bonds is 5. The normalized spacial score (nSPS) is 26.1. The molecule has 1 fully saturated rings. The van der Waals surface area contributed by atoms with Crippen LogP contribution in [0.4, 0.5) is 0 Å². The molecular weight excluding hydrogens is 288 g/mol. The number of amides is 1. The predicted molar refractivity (Wildman–Crippen MR) is 82.2 cm³/mol. The molecule has 1 saturated heterocycles. The van der Waals surface area contributed by atoms with E-state index in [9.17, 15) is 15.0 Å². The molecule has 5 nitrogen and oxygen atoms in total. The smallest absolute Gasteiger partial charge is 0.228 e. The van der Waals surface area contributed by atoms with Crippen molar-refractivity contribution in [1.29, 1.82) is 0 Å². The molecule has 1 aromatic rings. The fraction of sp³-hybridized carbons (Fsp3) is 0.733. The molecule has 0 radical (unpaired) electrons. The Hall–Kier alpha value is -0.980. The molecule has 0 saturated carbocycles. The average Bonchev–Trinajstić information content (AvgIpc) is 2.86. The van der Waals surface area contributed by atoms with E-state index in [-0.39, 0.29) is 18.9 Å². The maximum atomic E-state index is 12.3. The van der Waals surface area contributed by atoms with E-state index in [1.165, 1.54) is 11.3 Å². The minimum atomic E-state index is -0.655. The number of likely N-dealkylation sites (tertiary alicyclic amines) is 1. The van der Waals surface area contributed by atoms with Gasteiger partial charge in [0.2, 0.25) is 5.91 Å². The Balaban J connectivity index is 1.96. The molecule has 2 rings (SSSR count). The second kappa shape index (κ2) is 6.85. The molecule has 2 heterocycles. The topological polar surface area (TPSA) is 73.7 Å². The minimum Gasteiger partial charge on any atom is -0.396 e. The van der Waals surface area contributed by atoms with E-state index in [0.29, 0.717) is 19.5 Å². The lowest BCUT2D eigenvalue weighted by atomic mass is 9.73. The van der Waals surface area contributed by atoms with E-state index in [2.05, 4.69) is 4.98 Å². The molecule has 21 heavy (non-hydrogen) atoms. The number of piperidine rings is 1. The molecule has 1 aliphatic heterocycles. The third-order valence-corrected chi connectivity index (χ3v) is 5.22. The molecule has 0 spiro atoms. The first-order valence-electron chi connectivity index (χ1n) is 7.48. The zero-order valence-electron chi connectivity index (χ0n) is 12.7. The third-order valence-electron chi connectivity index (χ3n) is 4.39. The summed E-state index contributed by atoms with van der Waals surface area (Å²) in [7, 11) is 0. The molecule has 2 N–H and O–H groups in total. The standard InChI is InChI=1S/C15H24N2O3S/c1-3-4-15(10-18)5-6-17(8-13(15)19)14(20)7-12-9-21-11(2)16-12/h9,13,18-19H,3-8,10H2,1-2H3/t13-,15+/m0/s1. The number of hydrogen-bond donors (Lipinski definition) is 2. The van der Waals surface area contributed by atoms with Gasteiger partial charge in [-0.25, -0.2) is 4.98 Å². The monoisotopic (exact) mass is 312 g/mol. The SMILES string of the molecule is CCC[C@]1(CO)CCN(C(=O)Cc2csc(C)n2)C[C@@H]1O. The lowest BCUT2D eigenvalue weighted by Crippen LogP contribution is -2.54. The second-order valence-corrected chi connectivity index (χ2v) is 6.97. The Labute approximate surface area is 129 Å². The molecule has 0 aliphatic carbocycles. The van der Waals surface area contributed by atoms with Gasteiger partial charge in [-0.3, -0.25) is 4.79 Å². The van der Waals surface area contributed by atoms with Gasteiger partial charge >= 0.3 is 0 Å². The molecule has 1 aromatic heterocycles. The van der Waals surface area contributed by atoms with Crippen LogP contribution in [0.25, 0.3) is 0 Å². The molecule has 0 bridgehead atoms. The Kier molecular flexibility index (Phi) is 5.35. The van der Waals surface area contributed by atoms with Crippen LogP contribution in [0, 0.1) is 12.3 Å². The fourth-order valence-corrected chi connectivity index (χ4v) is 3.67. The maximum absolute atomic E-state index is 12.3. The average molecular weight is 312 g/mol. The van der Waals surface area contributed by atoms with E-state index in [4.69, 9.17) is 0 Å². The summed E-state index contributed by atoms with van der Waals surface area (Å²) < 4.78 is 0. The molecule has 2 atom stereocenters. The second-order valence-electron chi connectivity index (χ2n) is 5.91. The van der Waals surface area contributed by atoms with Gasteiger partial charge in [0, 0.05) is 23.9 Å². The molecule has 118 valence electrons. The number of aliphatic hydroxyl groups excluding tert-OH is 2. The van der Waals surface area contributed by atoms with Gasteiger partial charge in [0.15, 0.2) is 0 Å². The zero-order valence-corrected chi connectivity index (χ0v) is 13.5. The van der Waals surface area contributed by atoms with E-state index in [0.717, 1.165) is 23.5 Å². The molecular formula is C15H24N2O3S. The van der Waals surface area contributed by atoms with Gasteiger partial charge < -0.3 is 15.1 Å². The lowest BCUT2D eigenvalue weighted by Gasteiger charge is -2.44. The summed E-state index contributed by atoms with van der Waals surface area (Å²) in [6.07, 6.45) is 2.00.